The Labute approximate surface area is 168 Å². The van der Waals surface area contributed by atoms with Gasteiger partial charge in [-0.2, -0.15) is 0 Å². The third kappa shape index (κ3) is 9.28. The lowest BCUT2D eigenvalue weighted by Gasteiger charge is -2.25. The molecule has 1 unspecified atom stereocenters. The quantitative estimate of drug-likeness (QED) is 0.619. The Morgan fingerprint density at radius 1 is 1.19 bits per heavy atom. The zero-order valence-electron chi connectivity index (χ0n) is 18.3. The number of carbonyl (C=O) groups is 1. The van der Waals surface area contributed by atoms with Crippen molar-refractivity contribution in [2.24, 2.45) is 5.92 Å². The van der Waals surface area contributed by atoms with Gasteiger partial charge in [0.2, 0.25) is 0 Å². The fraction of sp³-hybridized carbons (Fsp3) is 0.696. The Kier molecular flexibility index (Phi) is 14.6. The Morgan fingerprint density at radius 3 is 2.30 bits per heavy atom. The highest BCUT2D eigenvalue weighted by molar-refractivity contribution is 5.67. The molecule has 1 aromatic carbocycles. The number of rotatable bonds is 7. The molecule has 2 rings (SSSR count). The summed E-state index contributed by atoms with van der Waals surface area (Å²) in [5.74, 6) is 0.629. The molecule has 0 spiro atoms. The van der Waals surface area contributed by atoms with Gasteiger partial charge in [0.15, 0.2) is 0 Å². The number of hydrogen-bond donors (Lipinski definition) is 2. The first-order valence-corrected chi connectivity index (χ1v) is 10.6. The van der Waals surface area contributed by atoms with E-state index in [1.54, 1.807) is 0 Å². The van der Waals surface area contributed by atoms with Gasteiger partial charge in [0.1, 0.15) is 6.10 Å². The van der Waals surface area contributed by atoms with Gasteiger partial charge >= 0.3 is 6.09 Å². The van der Waals surface area contributed by atoms with Crippen molar-refractivity contribution in [2.45, 2.75) is 91.7 Å². The maximum Gasteiger partial charge on any atom is 0.407 e. The van der Waals surface area contributed by atoms with Crippen molar-refractivity contribution in [2.75, 3.05) is 7.11 Å². The zero-order valence-corrected chi connectivity index (χ0v) is 18.3. The molecule has 0 saturated heterocycles. The fourth-order valence-corrected chi connectivity index (χ4v) is 3.60. The van der Waals surface area contributed by atoms with Gasteiger partial charge in [0.05, 0.1) is 0 Å². The summed E-state index contributed by atoms with van der Waals surface area (Å²) < 4.78 is 5.70. The van der Waals surface area contributed by atoms with Crippen LogP contribution in [0.25, 0.3) is 0 Å². The molecule has 158 valence electrons. The minimum atomic E-state index is -0.246. The van der Waals surface area contributed by atoms with Crippen LogP contribution in [-0.4, -0.2) is 30.5 Å². The van der Waals surface area contributed by atoms with E-state index in [9.17, 15) is 4.79 Å². The second-order valence-corrected chi connectivity index (χ2v) is 6.77. The van der Waals surface area contributed by atoms with Crippen LogP contribution >= 0.6 is 0 Å². The highest BCUT2D eigenvalue weighted by Crippen LogP contribution is 2.29. The van der Waals surface area contributed by atoms with Crippen LogP contribution in [0.1, 0.15) is 78.8 Å². The Morgan fingerprint density at radius 2 is 1.78 bits per heavy atom. The molecule has 27 heavy (non-hydrogen) atoms. The first-order valence-electron chi connectivity index (χ1n) is 10.6. The number of aliphatic hydroxyl groups is 1. The van der Waals surface area contributed by atoms with E-state index in [0.29, 0.717) is 5.92 Å². The third-order valence-electron chi connectivity index (χ3n) is 5.15. The molecule has 0 heterocycles. The number of benzene rings is 1. The predicted octanol–water partition coefficient (Wildman–Crippen LogP) is 5.89. The van der Waals surface area contributed by atoms with Gasteiger partial charge in [-0.3, -0.25) is 0 Å². The lowest BCUT2D eigenvalue weighted by atomic mass is 9.96. The number of amides is 1. The molecule has 0 aliphatic heterocycles. The molecule has 1 saturated carbocycles. The molecule has 1 fully saturated rings. The van der Waals surface area contributed by atoms with E-state index >= 15 is 0 Å². The van der Waals surface area contributed by atoms with Crippen molar-refractivity contribution in [3.63, 3.8) is 0 Å². The molecule has 1 amide bonds. The summed E-state index contributed by atoms with van der Waals surface area (Å²) in [5, 5.41) is 10.1. The maximum atomic E-state index is 12.3. The smallest absolute Gasteiger partial charge is 0.407 e. The largest absolute Gasteiger partial charge is 0.446 e. The lowest BCUT2D eigenvalue weighted by Crippen LogP contribution is -2.41. The fourth-order valence-electron chi connectivity index (χ4n) is 3.60. The highest BCUT2D eigenvalue weighted by Gasteiger charge is 2.26. The van der Waals surface area contributed by atoms with Crippen molar-refractivity contribution in [1.29, 1.82) is 0 Å². The zero-order chi connectivity index (χ0) is 20.7. The van der Waals surface area contributed by atoms with Gasteiger partial charge in [0.25, 0.3) is 0 Å². The molecule has 1 aliphatic carbocycles. The minimum Gasteiger partial charge on any atom is -0.446 e. The monoisotopic (exact) mass is 381 g/mol. The van der Waals surface area contributed by atoms with Gasteiger partial charge in [-0.05, 0) is 49.7 Å². The van der Waals surface area contributed by atoms with Crippen LogP contribution in [0, 0.1) is 12.8 Å². The van der Waals surface area contributed by atoms with Crippen LogP contribution in [0.4, 0.5) is 4.79 Å². The van der Waals surface area contributed by atoms with Crippen molar-refractivity contribution >= 4 is 6.09 Å². The summed E-state index contributed by atoms with van der Waals surface area (Å²) in [6.07, 6.45) is 7.36. The van der Waals surface area contributed by atoms with Crippen molar-refractivity contribution < 1.29 is 16.1 Å². The number of nitrogens with one attached hydrogen (secondary N) is 1. The second kappa shape index (κ2) is 15.5. The van der Waals surface area contributed by atoms with E-state index in [1.165, 1.54) is 36.8 Å². The average Bonchev–Trinajstić information content (AvgIpc) is 3.25. The summed E-state index contributed by atoms with van der Waals surface area (Å²) in [4.78, 5) is 12.3. The molecular weight excluding hydrogens is 338 g/mol. The normalized spacial score (nSPS) is 15.5. The highest BCUT2D eigenvalue weighted by atomic mass is 16.6. The van der Waals surface area contributed by atoms with E-state index in [0.717, 1.165) is 26.4 Å². The number of aliphatic hydroxyl groups excluding tert-OH is 1. The van der Waals surface area contributed by atoms with Gasteiger partial charge in [-0.25, -0.2) is 4.79 Å². The van der Waals surface area contributed by atoms with Crippen molar-refractivity contribution in [1.82, 2.24) is 5.32 Å². The van der Waals surface area contributed by atoms with Crippen LogP contribution in [0.5, 0.6) is 0 Å². The predicted molar refractivity (Wildman–Crippen MR) is 116 cm³/mol. The van der Waals surface area contributed by atoms with Crippen LogP contribution in [0.3, 0.4) is 0 Å². The van der Waals surface area contributed by atoms with Gasteiger partial charge in [-0.1, -0.05) is 64.8 Å². The van der Waals surface area contributed by atoms with E-state index in [4.69, 9.17) is 9.84 Å². The summed E-state index contributed by atoms with van der Waals surface area (Å²) in [5.41, 5.74) is 2.52. The number of aryl methyl sites for hydroxylation is 1. The molecule has 4 nitrogen and oxygen atoms in total. The van der Waals surface area contributed by atoms with Crippen molar-refractivity contribution in [3.05, 3.63) is 35.4 Å². The maximum absolute atomic E-state index is 12.3. The molecule has 4 heteroatoms. The number of hydrogen-bond acceptors (Lipinski definition) is 3. The molecule has 0 radical (unpaired) electrons. The molecule has 1 aromatic rings. The molecular formula is C23H43NO3. The van der Waals surface area contributed by atoms with E-state index in [1.807, 2.05) is 26.0 Å². The summed E-state index contributed by atoms with van der Waals surface area (Å²) in [7, 11) is 1.00. The first kappa shape index (κ1) is 25.4. The van der Waals surface area contributed by atoms with E-state index < -0.39 is 0 Å². The Balaban J connectivity index is 0. The van der Waals surface area contributed by atoms with Crippen LogP contribution in [0.15, 0.2) is 24.3 Å². The van der Waals surface area contributed by atoms with Crippen LogP contribution in [0.2, 0.25) is 0 Å². The minimum absolute atomic E-state index is 0. The number of alkyl carbamates (subject to hydrolysis) is 1. The second-order valence-electron chi connectivity index (χ2n) is 6.77. The SMILES string of the molecule is CC.CCC(NC(=O)O[C@@H](CC)Cc1ccccc1C)C1CCCC1.CO.[HH]. The Hall–Kier alpha value is -1.55. The Bertz CT molecular complexity index is 504. The average molecular weight is 382 g/mol. The topological polar surface area (TPSA) is 58.6 Å². The van der Waals surface area contributed by atoms with Gasteiger partial charge in [-0.15, -0.1) is 0 Å². The van der Waals surface area contributed by atoms with Crippen LogP contribution in [-0.2, 0) is 11.2 Å². The standard InChI is InChI=1S/C20H31NO2.C2H6.CH4O.H2/c1-4-18(14-17-13-7-6-10-15(17)3)23-20(22)21-19(5-2)16-11-8-9-12-16;2*1-2;/h6-7,10,13,16,18-19H,4-5,8-9,11-12,14H2,1-3H3,(H,21,22);1-2H3;2H,1H3;1H/t18-,19?;;;/m0.../s1. The summed E-state index contributed by atoms with van der Waals surface area (Å²) in [6.45, 7) is 10.3. The van der Waals surface area contributed by atoms with E-state index in [2.05, 4.69) is 38.2 Å². The van der Waals surface area contributed by atoms with Gasteiger partial charge < -0.3 is 15.2 Å². The van der Waals surface area contributed by atoms with Gasteiger partial charge in [0, 0.05) is 21.0 Å². The van der Waals surface area contributed by atoms with Crippen LogP contribution < -0.4 is 5.32 Å². The molecule has 0 bridgehead atoms. The molecule has 2 atom stereocenters. The van der Waals surface area contributed by atoms with E-state index in [-0.39, 0.29) is 19.7 Å². The first-order chi connectivity index (χ1) is 13.1. The molecule has 1 aliphatic rings. The third-order valence-corrected chi connectivity index (χ3v) is 5.15. The number of ether oxygens (including phenoxy) is 1. The van der Waals surface area contributed by atoms with Crippen molar-refractivity contribution in [3.8, 4) is 0 Å². The lowest BCUT2D eigenvalue weighted by molar-refractivity contribution is 0.0892. The summed E-state index contributed by atoms with van der Waals surface area (Å²) in [6, 6.07) is 8.58. The molecule has 2 N–H and O–H groups in total. The molecule has 0 aromatic heterocycles. The summed E-state index contributed by atoms with van der Waals surface area (Å²) >= 11 is 0. The number of carbonyl (C=O) groups excluding carboxylic acids is 1.